The minimum Gasteiger partial charge on any atom is -0.351 e. The van der Waals surface area contributed by atoms with Gasteiger partial charge in [0, 0.05) is 12.8 Å². The van der Waals surface area contributed by atoms with Gasteiger partial charge in [0.05, 0.1) is 10.9 Å². The van der Waals surface area contributed by atoms with Crippen LogP contribution >= 0.6 is 0 Å². The third kappa shape index (κ3) is 3.83. The summed E-state index contributed by atoms with van der Waals surface area (Å²) in [7, 11) is -3.28. The van der Waals surface area contributed by atoms with Crippen molar-refractivity contribution in [2.24, 2.45) is 5.73 Å². The van der Waals surface area contributed by atoms with E-state index in [0.717, 1.165) is 6.26 Å². The molecule has 0 heterocycles. The summed E-state index contributed by atoms with van der Waals surface area (Å²) in [6.45, 7) is 1.72. The summed E-state index contributed by atoms with van der Waals surface area (Å²) < 4.78 is 23.0. The fourth-order valence-corrected chi connectivity index (χ4v) is 2.30. The fraction of sp³-hybridized carbons (Fsp3) is 0.364. The van der Waals surface area contributed by atoms with Gasteiger partial charge in [-0.15, -0.1) is 0 Å². The third-order valence-electron chi connectivity index (χ3n) is 2.24. The molecule has 1 aromatic rings. The second kappa shape index (κ2) is 5.29. The maximum atomic E-state index is 11.5. The predicted octanol–water partition coefficient (Wildman–Crippen LogP) is 0.0535. The van der Waals surface area contributed by atoms with E-state index in [4.69, 9.17) is 5.73 Å². The number of rotatable bonds is 4. The summed E-state index contributed by atoms with van der Waals surface area (Å²) in [4.78, 5) is 11.5. The van der Waals surface area contributed by atoms with E-state index >= 15 is 0 Å². The second-order valence-electron chi connectivity index (χ2n) is 3.89. The first-order chi connectivity index (χ1) is 7.82. The first kappa shape index (κ1) is 13.7. The summed E-state index contributed by atoms with van der Waals surface area (Å²) in [5.41, 5.74) is 5.95. The molecule has 3 N–H and O–H groups in total. The number of hydrogen-bond acceptors (Lipinski definition) is 4. The Hall–Kier alpha value is -1.40. The van der Waals surface area contributed by atoms with Crippen molar-refractivity contribution in [1.29, 1.82) is 0 Å². The molecule has 1 rings (SSSR count). The van der Waals surface area contributed by atoms with E-state index in [1.807, 2.05) is 0 Å². The van der Waals surface area contributed by atoms with E-state index in [0.29, 0.717) is 5.56 Å². The van der Waals surface area contributed by atoms with Crippen molar-refractivity contribution in [3.63, 3.8) is 0 Å². The maximum Gasteiger partial charge on any atom is 0.236 e. The third-order valence-corrected chi connectivity index (χ3v) is 3.44. The van der Waals surface area contributed by atoms with Crippen LogP contribution in [0.25, 0.3) is 0 Å². The van der Waals surface area contributed by atoms with E-state index in [2.05, 4.69) is 5.32 Å². The Morgan fingerprint density at radius 2 is 2.00 bits per heavy atom. The van der Waals surface area contributed by atoms with Gasteiger partial charge in [0.25, 0.3) is 0 Å². The smallest absolute Gasteiger partial charge is 0.236 e. The maximum absolute atomic E-state index is 11.5. The minimum absolute atomic E-state index is 0.156. The van der Waals surface area contributed by atoms with Crippen LogP contribution < -0.4 is 11.1 Å². The van der Waals surface area contributed by atoms with Crippen molar-refractivity contribution in [3.8, 4) is 0 Å². The summed E-state index contributed by atoms with van der Waals surface area (Å²) in [6, 6.07) is 5.94. The average Bonchev–Trinajstić information content (AvgIpc) is 2.24. The Balaban J connectivity index is 2.89. The number of carbonyl (C=O) groups excluding carboxylic acids is 1. The van der Waals surface area contributed by atoms with Crippen molar-refractivity contribution in [3.05, 3.63) is 29.8 Å². The molecule has 5 nitrogen and oxygen atoms in total. The highest BCUT2D eigenvalue weighted by Gasteiger charge is 2.13. The molecular weight excluding hydrogens is 240 g/mol. The van der Waals surface area contributed by atoms with Gasteiger partial charge in [-0.1, -0.05) is 18.2 Å². The van der Waals surface area contributed by atoms with E-state index in [1.165, 1.54) is 6.07 Å². The van der Waals surface area contributed by atoms with Crippen molar-refractivity contribution in [2.45, 2.75) is 24.4 Å². The van der Waals surface area contributed by atoms with Crippen molar-refractivity contribution in [1.82, 2.24) is 5.32 Å². The van der Waals surface area contributed by atoms with E-state index < -0.39 is 15.9 Å². The van der Waals surface area contributed by atoms with Crippen LogP contribution in [0.15, 0.2) is 29.2 Å². The van der Waals surface area contributed by atoms with Gasteiger partial charge in [-0.3, -0.25) is 4.79 Å². The van der Waals surface area contributed by atoms with Crippen LogP contribution in [0.5, 0.6) is 0 Å². The molecule has 1 unspecified atom stereocenters. The van der Waals surface area contributed by atoms with Gasteiger partial charge < -0.3 is 11.1 Å². The molecule has 1 atom stereocenters. The highest BCUT2D eigenvalue weighted by Crippen LogP contribution is 2.14. The molecule has 0 saturated carbocycles. The lowest BCUT2D eigenvalue weighted by Crippen LogP contribution is -2.38. The Morgan fingerprint density at radius 1 is 1.41 bits per heavy atom. The van der Waals surface area contributed by atoms with E-state index in [9.17, 15) is 13.2 Å². The monoisotopic (exact) mass is 256 g/mol. The molecule has 6 heteroatoms. The number of amides is 1. The second-order valence-corrected chi connectivity index (χ2v) is 5.87. The highest BCUT2D eigenvalue weighted by molar-refractivity contribution is 7.90. The van der Waals surface area contributed by atoms with Gasteiger partial charge in [0.1, 0.15) is 0 Å². The molecule has 17 heavy (non-hydrogen) atoms. The first-order valence-electron chi connectivity index (χ1n) is 5.13. The van der Waals surface area contributed by atoms with Gasteiger partial charge in [-0.2, -0.15) is 0 Å². The lowest BCUT2D eigenvalue weighted by atomic mass is 10.2. The molecule has 0 aliphatic carbocycles. The molecule has 0 radical (unpaired) electrons. The van der Waals surface area contributed by atoms with Gasteiger partial charge in [-0.05, 0) is 18.6 Å². The molecule has 0 saturated heterocycles. The quantitative estimate of drug-likeness (QED) is 0.796. The summed E-state index contributed by atoms with van der Waals surface area (Å²) in [6.07, 6.45) is 1.14. The predicted molar refractivity (Wildman–Crippen MR) is 65.0 cm³/mol. The number of hydrogen-bond donors (Lipinski definition) is 2. The van der Waals surface area contributed by atoms with E-state index in [-0.39, 0.29) is 17.3 Å². The zero-order chi connectivity index (χ0) is 13.1. The zero-order valence-electron chi connectivity index (χ0n) is 9.80. The number of benzene rings is 1. The average molecular weight is 256 g/mol. The number of nitrogens with one attached hydrogen (secondary N) is 1. The van der Waals surface area contributed by atoms with Crippen LogP contribution in [0.3, 0.4) is 0 Å². The molecule has 1 amide bonds. The topological polar surface area (TPSA) is 89.3 Å². The van der Waals surface area contributed by atoms with Crippen LogP contribution in [-0.2, 0) is 21.2 Å². The Morgan fingerprint density at radius 3 is 2.53 bits per heavy atom. The van der Waals surface area contributed by atoms with Crippen molar-refractivity contribution < 1.29 is 13.2 Å². The standard InChI is InChI=1S/C11H16N2O3S/c1-8(12)11(14)13-7-9-5-3-4-6-10(9)17(2,15)16/h3-6,8H,7,12H2,1-2H3,(H,13,14). The molecule has 0 aliphatic rings. The summed E-state index contributed by atoms with van der Waals surface area (Å²) in [5, 5.41) is 2.58. The number of carbonyl (C=O) groups is 1. The fourth-order valence-electron chi connectivity index (χ4n) is 1.35. The van der Waals surface area contributed by atoms with Gasteiger partial charge in [0.2, 0.25) is 5.91 Å². The normalized spacial score (nSPS) is 13.1. The number of nitrogens with two attached hydrogens (primary N) is 1. The minimum atomic E-state index is -3.28. The number of sulfone groups is 1. The molecule has 1 aromatic carbocycles. The summed E-state index contributed by atoms with van der Waals surface area (Å²) >= 11 is 0. The lowest BCUT2D eigenvalue weighted by Gasteiger charge is -2.10. The molecule has 0 aromatic heterocycles. The molecular formula is C11H16N2O3S. The van der Waals surface area contributed by atoms with Crippen molar-refractivity contribution >= 4 is 15.7 Å². The molecule has 94 valence electrons. The molecule has 0 bridgehead atoms. The first-order valence-corrected chi connectivity index (χ1v) is 7.03. The Labute approximate surface area is 101 Å². The van der Waals surface area contributed by atoms with Crippen LogP contribution in [0.1, 0.15) is 12.5 Å². The molecule has 0 spiro atoms. The van der Waals surface area contributed by atoms with Crippen LogP contribution in [0.4, 0.5) is 0 Å². The van der Waals surface area contributed by atoms with Crippen LogP contribution in [-0.4, -0.2) is 26.6 Å². The molecule has 0 fully saturated rings. The Kier molecular flexibility index (Phi) is 4.25. The largest absolute Gasteiger partial charge is 0.351 e. The molecule has 0 aliphatic heterocycles. The Bertz CT molecular complexity index is 509. The van der Waals surface area contributed by atoms with Gasteiger partial charge in [-0.25, -0.2) is 8.42 Å². The van der Waals surface area contributed by atoms with Gasteiger partial charge >= 0.3 is 0 Å². The SMILES string of the molecule is CC(N)C(=O)NCc1ccccc1S(C)(=O)=O. The van der Waals surface area contributed by atoms with Gasteiger partial charge in [0.15, 0.2) is 9.84 Å². The highest BCUT2D eigenvalue weighted by atomic mass is 32.2. The van der Waals surface area contributed by atoms with Crippen LogP contribution in [0.2, 0.25) is 0 Å². The van der Waals surface area contributed by atoms with E-state index in [1.54, 1.807) is 25.1 Å². The van der Waals surface area contributed by atoms with Crippen molar-refractivity contribution in [2.75, 3.05) is 6.26 Å². The van der Waals surface area contributed by atoms with Crippen LogP contribution in [0, 0.1) is 0 Å². The lowest BCUT2D eigenvalue weighted by molar-refractivity contribution is -0.122. The summed E-state index contributed by atoms with van der Waals surface area (Å²) in [5.74, 6) is -0.312. The zero-order valence-corrected chi connectivity index (χ0v) is 10.6.